The number of sulfonamides is 1. The van der Waals surface area contributed by atoms with Gasteiger partial charge < -0.3 is 15.0 Å². The van der Waals surface area contributed by atoms with Crippen molar-refractivity contribution in [2.24, 2.45) is 0 Å². The Kier molecular flexibility index (Phi) is 11.7. The van der Waals surface area contributed by atoms with Crippen molar-refractivity contribution in [2.75, 3.05) is 17.5 Å². The first-order chi connectivity index (χ1) is 22.3. The van der Waals surface area contributed by atoms with Crippen molar-refractivity contribution in [2.45, 2.75) is 64.1 Å². The molecule has 0 radical (unpaired) electrons. The van der Waals surface area contributed by atoms with Crippen LogP contribution in [-0.4, -0.2) is 49.9 Å². The van der Waals surface area contributed by atoms with E-state index in [9.17, 15) is 18.0 Å². The van der Waals surface area contributed by atoms with E-state index in [-0.39, 0.29) is 36.1 Å². The Balaban J connectivity index is 1.85. The SMILES string of the molecule is CCOc1ccccc1N(CC(=O)N(Cc1ccc(C)cc1)[C@@H](Cc1ccccc1)C(=O)NC(C)(C)C)S(=O)(=O)c1ccc(Cl)cc1. The predicted octanol–water partition coefficient (Wildman–Crippen LogP) is 6.80. The molecule has 0 aliphatic heterocycles. The summed E-state index contributed by atoms with van der Waals surface area (Å²) in [6.45, 7) is 9.17. The minimum absolute atomic E-state index is 0.0441. The zero-order valence-corrected chi connectivity index (χ0v) is 29.0. The zero-order chi connectivity index (χ0) is 34.2. The van der Waals surface area contributed by atoms with Gasteiger partial charge in [-0.05, 0) is 82.1 Å². The lowest BCUT2D eigenvalue weighted by molar-refractivity contribution is -0.140. The fourth-order valence-corrected chi connectivity index (χ4v) is 6.64. The maximum Gasteiger partial charge on any atom is 0.264 e. The fraction of sp³-hybridized carbons (Fsp3) is 0.297. The summed E-state index contributed by atoms with van der Waals surface area (Å²) in [5.41, 5.74) is 2.32. The Morgan fingerprint density at radius 1 is 0.851 bits per heavy atom. The second-order valence-electron chi connectivity index (χ2n) is 12.3. The lowest BCUT2D eigenvalue weighted by Crippen LogP contribution is -2.56. The van der Waals surface area contributed by atoms with Crippen LogP contribution in [0.3, 0.4) is 0 Å². The molecule has 0 aliphatic rings. The molecule has 4 rings (SSSR count). The monoisotopic (exact) mass is 675 g/mol. The van der Waals surface area contributed by atoms with E-state index in [4.69, 9.17) is 16.3 Å². The summed E-state index contributed by atoms with van der Waals surface area (Å²) in [6.07, 6.45) is 0.222. The van der Waals surface area contributed by atoms with Crippen molar-refractivity contribution in [3.63, 3.8) is 0 Å². The van der Waals surface area contributed by atoms with Gasteiger partial charge in [0.1, 0.15) is 18.3 Å². The molecule has 0 saturated heterocycles. The van der Waals surface area contributed by atoms with Crippen molar-refractivity contribution in [3.05, 3.63) is 125 Å². The average Bonchev–Trinajstić information content (AvgIpc) is 3.02. The highest BCUT2D eigenvalue weighted by atomic mass is 35.5. The van der Waals surface area contributed by atoms with E-state index in [0.29, 0.717) is 10.8 Å². The minimum Gasteiger partial charge on any atom is -0.492 e. The highest BCUT2D eigenvalue weighted by Gasteiger charge is 2.36. The maximum absolute atomic E-state index is 14.7. The molecule has 10 heteroatoms. The van der Waals surface area contributed by atoms with Crippen LogP contribution in [0.4, 0.5) is 5.69 Å². The Morgan fingerprint density at radius 2 is 1.47 bits per heavy atom. The van der Waals surface area contributed by atoms with Gasteiger partial charge in [-0.15, -0.1) is 0 Å². The number of amides is 2. The van der Waals surface area contributed by atoms with Crippen LogP contribution in [0.2, 0.25) is 5.02 Å². The molecule has 1 atom stereocenters. The van der Waals surface area contributed by atoms with Crippen molar-refractivity contribution in [1.82, 2.24) is 10.2 Å². The third kappa shape index (κ3) is 9.59. The number of para-hydroxylation sites is 2. The first-order valence-corrected chi connectivity index (χ1v) is 17.3. The second kappa shape index (κ2) is 15.5. The first kappa shape index (κ1) is 35.5. The summed E-state index contributed by atoms with van der Waals surface area (Å²) in [6, 6.07) is 28.7. The molecular formula is C37H42ClN3O5S. The molecule has 0 aliphatic carbocycles. The molecular weight excluding hydrogens is 634 g/mol. The number of aryl methyl sites for hydroxylation is 1. The zero-order valence-electron chi connectivity index (χ0n) is 27.4. The van der Waals surface area contributed by atoms with Gasteiger partial charge in [-0.3, -0.25) is 13.9 Å². The van der Waals surface area contributed by atoms with Gasteiger partial charge in [0.15, 0.2) is 0 Å². The van der Waals surface area contributed by atoms with E-state index in [2.05, 4.69) is 5.32 Å². The highest BCUT2D eigenvalue weighted by molar-refractivity contribution is 7.92. The molecule has 0 spiro atoms. The van der Waals surface area contributed by atoms with Gasteiger partial charge in [0.05, 0.1) is 17.2 Å². The lowest BCUT2D eigenvalue weighted by Gasteiger charge is -2.35. The summed E-state index contributed by atoms with van der Waals surface area (Å²) in [5.74, 6) is -0.597. The standard InChI is InChI=1S/C37H42ClN3O5S/c1-6-46-34-15-11-10-14-32(34)41(47(44,45)31-22-20-30(38)21-23-31)26-35(42)40(25-29-18-16-27(2)17-19-29)33(36(43)39-37(3,4)5)24-28-12-8-7-9-13-28/h7-23,33H,6,24-26H2,1-5H3,(H,39,43)/t33-/m0/s1. The smallest absolute Gasteiger partial charge is 0.264 e. The van der Waals surface area contributed by atoms with E-state index in [0.717, 1.165) is 21.0 Å². The van der Waals surface area contributed by atoms with Crippen LogP contribution in [0, 0.1) is 6.92 Å². The number of anilines is 1. The molecule has 0 fully saturated rings. The van der Waals surface area contributed by atoms with Gasteiger partial charge in [-0.25, -0.2) is 8.42 Å². The molecule has 4 aromatic carbocycles. The summed E-state index contributed by atoms with van der Waals surface area (Å²) in [7, 11) is -4.31. The number of carbonyl (C=O) groups excluding carboxylic acids is 2. The van der Waals surface area contributed by atoms with Gasteiger partial charge in [-0.2, -0.15) is 0 Å². The minimum atomic E-state index is -4.31. The molecule has 0 bridgehead atoms. The largest absolute Gasteiger partial charge is 0.492 e. The van der Waals surface area contributed by atoms with Gasteiger partial charge in [0.2, 0.25) is 11.8 Å². The van der Waals surface area contributed by atoms with E-state index >= 15 is 0 Å². The second-order valence-corrected chi connectivity index (χ2v) is 14.6. The predicted molar refractivity (Wildman–Crippen MR) is 187 cm³/mol. The average molecular weight is 676 g/mol. The Morgan fingerprint density at radius 3 is 2.09 bits per heavy atom. The van der Waals surface area contributed by atoms with Crippen LogP contribution in [-0.2, 0) is 32.6 Å². The number of halogens is 1. The maximum atomic E-state index is 14.7. The van der Waals surface area contributed by atoms with Crippen molar-refractivity contribution in [3.8, 4) is 5.75 Å². The molecule has 0 heterocycles. The molecule has 1 N–H and O–H groups in total. The third-order valence-electron chi connectivity index (χ3n) is 7.36. The summed E-state index contributed by atoms with van der Waals surface area (Å²) < 4.78 is 35.5. The van der Waals surface area contributed by atoms with Crippen LogP contribution in [0.15, 0.2) is 108 Å². The molecule has 4 aromatic rings. The third-order valence-corrected chi connectivity index (χ3v) is 9.38. The van der Waals surface area contributed by atoms with Crippen LogP contribution in [0.25, 0.3) is 0 Å². The highest BCUT2D eigenvalue weighted by Crippen LogP contribution is 2.33. The summed E-state index contributed by atoms with van der Waals surface area (Å²) in [5, 5.41) is 3.42. The van der Waals surface area contributed by atoms with E-state index < -0.39 is 34.1 Å². The Hall–Kier alpha value is -4.34. The number of nitrogens with one attached hydrogen (secondary N) is 1. The quantitative estimate of drug-likeness (QED) is 0.168. The number of hydrogen-bond acceptors (Lipinski definition) is 5. The lowest BCUT2D eigenvalue weighted by atomic mass is 10.0. The number of carbonyl (C=O) groups is 2. The molecule has 0 saturated carbocycles. The van der Waals surface area contributed by atoms with Crippen LogP contribution in [0.5, 0.6) is 5.75 Å². The number of rotatable bonds is 13. The number of nitrogens with zero attached hydrogens (tertiary/aromatic N) is 2. The summed E-state index contributed by atoms with van der Waals surface area (Å²) >= 11 is 6.09. The van der Waals surface area contributed by atoms with Crippen molar-refractivity contribution in [1.29, 1.82) is 0 Å². The first-order valence-electron chi connectivity index (χ1n) is 15.5. The van der Waals surface area contributed by atoms with E-state index in [1.807, 2.05) is 82.3 Å². The molecule has 0 aromatic heterocycles. The van der Waals surface area contributed by atoms with E-state index in [1.54, 1.807) is 31.2 Å². The van der Waals surface area contributed by atoms with Gasteiger partial charge in [0, 0.05) is 23.5 Å². The van der Waals surface area contributed by atoms with Crippen LogP contribution in [0.1, 0.15) is 44.4 Å². The molecule has 2 amide bonds. The van der Waals surface area contributed by atoms with Crippen molar-refractivity contribution < 1.29 is 22.7 Å². The number of ether oxygens (including phenoxy) is 1. The summed E-state index contributed by atoms with van der Waals surface area (Å²) in [4.78, 5) is 30.1. The molecule has 8 nitrogen and oxygen atoms in total. The fourth-order valence-electron chi connectivity index (χ4n) is 5.08. The van der Waals surface area contributed by atoms with Crippen LogP contribution < -0.4 is 14.4 Å². The molecule has 248 valence electrons. The number of benzene rings is 4. The molecule has 0 unspecified atom stereocenters. The topological polar surface area (TPSA) is 96.0 Å². The molecule has 47 heavy (non-hydrogen) atoms. The van der Waals surface area contributed by atoms with Gasteiger partial charge in [0.25, 0.3) is 10.0 Å². The normalized spacial score (nSPS) is 12.2. The van der Waals surface area contributed by atoms with E-state index in [1.165, 1.54) is 29.2 Å². The Bertz CT molecular complexity index is 1760. The van der Waals surface area contributed by atoms with Crippen molar-refractivity contribution >= 4 is 39.1 Å². The Labute approximate surface area is 283 Å². The number of hydrogen-bond donors (Lipinski definition) is 1. The van der Waals surface area contributed by atoms with Gasteiger partial charge >= 0.3 is 0 Å². The van der Waals surface area contributed by atoms with Crippen LogP contribution >= 0.6 is 11.6 Å². The van der Waals surface area contributed by atoms with Gasteiger partial charge in [-0.1, -0.05) is 83.9 Å².